The van der Waals surface area contributed by atoms with Crippen molar-refractivity contribution >= 4 is 5.91 Å². The Balaban J connectivity index is 2.24. The fraction of sp³-hybridized carbons (Fsp3) is 0.588. The van der Waals surface area contributed by atoms with Gasteiger partial charge < -0.3 is 10.4 Å². The molecule has 1 rings (SSSR count). The fourth-order valence-corrected chi connectivity index (χ4v) is 2.09. The highest BCUT2D eigenvalue weighted by Crippen LogP contribution is 2.08. The van der Waals surface area contributed by atoms with Gasteiger partial charge in [0.25, 0.3) is 0 Å². The Kier molecular flexibility index (Phi) is 8.72. The van der Waals surface area contributed by atoms with Gasteiger partial charge in [0.05, 0.1) is 6.42 Å². The van der Waals surface area contributed by atoms with E-state index in [2.05, 4.69) is 36.5 Å². The molecule has 0 heterocycles. The number of carbonyl (C=O) groups is 1. The average Bonchev–Trinajstić information content (AvgIpc) is 2.46. The van der Waals surface area contributed by atoms with Crippen LogP contribution in [-0.4, -0.2) is 24.2 Å². The van der Waals surface area contributed by atoms with Gasteiger partial charge >= 0.3 is 0 Å². The molecule has 20 heavy (non-hydrogen) atoms. The van der Waals surface area contributed by atoms with Crippen molar-refractivity contribution < 1.29 is 9.90 Å². The molecule has 0 atom stereocenters. The van der Waals surface area contributed by atoms with Crippen molar-refractivity contribution in [2.75, 3.05) is 13.2 Å². The summed E-state index contributed by atoms with van der Waals surface area (Å²) in [4.78, 5) is 11.7. The molecule has 0 saturated carbocycles. The summed E-state index contributed by atoms with van der Waals surface area (Å²) < 4.78 is 0. The van der Waals surface area contributed by atoms with Gasteiger partial charge in [-0.2, -0.15) is 0 Å². The molecular formula is C17H27NO2. The largest absolute Gasteiger partial charge is 0.396 e. The molecule has 1 aromatic carbocycles. The third-order valence-electron chi connectivity index (χ3n) is 3.36. The molecule has 0 aromatic heterocycles. The zero-order valence-corrected chi connectivity index (χ0v) is 12.5. The Morgan fingerprint density at radius 2 is 1.75 bits per heavy atom. The molecule has 0 aliphatic carbocycles. The number of hydrogen-bond acceptors (Lipinski definition) is 2. The minimum absolute atomic E-state index is 0.0790. The molecule has 3 heteroatoms. The first-order valence-electron chi connectivity index (χ1n) is 7.71. The van der Waals surface area contributed by atoms with Gasteiger partial charge in [0.1, 0.15) is 0 Å². The number of nitrogens with one attached hydrogen (secondary N) is 1. The number of rotatable bonds is 10. The number of hydrogen-bond donors (Lipinski definition) is 2. The number of aryl methyl sites for hydroxylation is 1. The first-order chi connectivity index (χ1) is 9.76. The van der Waals surface area contributed by atoms with Crippen molar-refractivity contribution in [2.45, 2.75) is 51.9 Å². The van der Waals surface area contributed by atoms with Crippen molar-refractivity contribution in [1.82, 2.24) is 5.32 Å². The van der Waals surface area contributed by atoms with Crippen molar-refractivity contribution in [3.8, 4) is 0 Å². The standard InChI is InChI=1S/C17H27NO2/c1-2-3-7-15-8-10-16(11-9-15)14-17(20)18-12-5-4-6-13-19/h8-11,19H,2-7,12-14H2,1H3,(H,18,20). The predicted molar refractivity (Wildman–Crippen MR) is 82.7 cm³/mol. The Morgan fingerprint density at radius 1 is 1.05 bits per heavy atom. The SMILES string of the molecule is CCCCc1ccc(CC(=O)NCCCCCO)cc1. The van der Waals surface area contributed by atoms with E-state index in [9.17, 15) is 4.79 Å². The molecule has 0 fully saturated rings. The second-order valence-electron chi connectivity index (χ2n) is 5.23. The van der Waals surface area contributed by atoms with Crippen molar-refractivity contribution in [3.63, 3.8) is 0 Å². The molecule has 0 bridgehead atoms. The molecule has 0 saturated heterocycles. The van der Waals surface area contributed by atoms with E-state index in [1.165, 1.54) is 18.4 Å². The van der Waals surface area contributed by atoms with Gasteiger partial charge in [-0.3, -0.25) is 4.79 Å². The van der Waals surface area contributed by atoms with Crippen LogP contribution < -0.4 is 5.32 Å². The van der Waals surface area contributed by atoms with E-state index in [1.54, 1.807) is 0 Å². The Bertz CT molecular complexity index is 373. The van der Waals surface area contributed by atoms with Gasteiger partial charge in [-0.25, -0.2) is 0 Å². The van der Waals surface area contributed by atoms with Gasteiger partial charge in [-0.1, -0.05) is 37.6 Å². The van der Waals surface area contributed by atoms with E-state index in [-0.39, 0.29) is 12.5 Å². The lowest BCUT2D eigenvalue weighted by atomic mass is 10.0. The summed E-state index contributed by atoms with van der Waals surface area (Å²) in [5.41, 5.74) is 2.41. The highest BCUT2D eigenvalue weighted by atomic mass is 16.2. The monoisotopic (exact) mass is 277 g/mol. The molecular weight excluding hydrogens is 250 g/mol. The minimum Gasteiger partial charge on any atom is -0.396 e. The maximum Gasteiger partial charge on any atom is 0.224 e. The van der Waals surface area contributed by atoms with Crippen LogP contribution in [0.4, 0.5) is 0 Å². The van der Waals surface area contributed by atoms with E-state index >= 15 is 0 Å². The zero-order valence-electron chi connectivity index (χ0n) is 12.5. The van der Waals surface area contributed by atoms with Crippen molar-refractivity contribution in [2.24, 2.45) is 0 Å². The summed E-state index contributed by atoms with van der Waals surface area (Å²) in [7, 11) is 0. The highest BCUT2D eigenvalue weighted by Gasteiger charge is 2.03. The van der Waals surface area contributed by atoms with Gasteiger partial charge in [0, 0.05) is 13.2 Å². The predicted octanol–water partition coefficient (Wildman–Crippen LogP) is 2.85. The third kappa shape index (κ3) is 7.29. The highest BCUT2D eigenvalue weighted by molar-refractivity contribution is 5.78. The van der Waals surface area contributed by atoms with Crippen LogP contribution in [0.25, 0.3) is 0 Å². The summed E-state index contributed by atoms with van der Waals surface area (Å²) in [6.07, 6.45) is 6.70. The lowest BCUT2D eigenvalue weighted by molar-refractivity contribution is -0.120. The van der Waals surface area contributed by atoms with Crippen molar-refractivity contribution in [3.05, 3.63) is 35.4 Å². The molecule has 0 radical (unpaired) electrons. The Morgan fingerprint density at radius 3 is 2.40 bits per heavy atom. The van der Waals surface area contributed by atoms with E-state index in [0.717, 1.165) is 31.2 Å². The number of aliphatic hydroxyl groups excluding tert-OH is 1. The summed E-state index contributed by atoms with van der Waals surface area (Å²) >= 11 is 0. The average molecular weight is 277 g/mol. The normalized spacial score (nSPS) is 10.5. The maximum atomic E-state index is 11.7. The summed E-state index contributed by atoms with van der Waals surface area (Å²) in [5, 5.41) is 11.6. The van der Waals surface area contributed by atoms with Gasteiger partial charge in [0.2, 0.25) is 5.91 Å². The van der Waals surface area contributed by atoms with E-state index < -0.39 is 0 Å². The maximum absolute atomic E-state index is 11.7. The molecule has 2 N–H and O–H groups in total. The number of amides is 1. The fourth-order valence-electron chi connectivity index (χ4n) is 2.09. The first-order valence-corrected chi connectivity index (χ1v) is 7.71. The van der Waals surface area contributed by atoms with Gasteiger partial charge in [-0.15, -0.1) is 0 Å². The molecule has 0 aliphatic rings. The van der Waals surface area contributed by atoms with Crippen LogP contribution in [0.5, 0.6) is 0 Å². The Labute approximate surface area is 122 Å². The van der Waals surface area contributed by atoms with Crippen LogP contribution in [0.3, 0.4) is 0 Å². The van der Waals surface area contributed by atoms with Gasteiger partial charge in [-0.05, 0) is 43.2 Å². The summed E-state index contributed by atoms with van der Waals surface area (Å²) in [6, 6.07) is 8.35. The van der Waals surface area contributed by atoms with Crippen LogP contribution in [-0.2, 0) is 17.6 Å². The molecule has 1 aromatic rings. The molecule has 3 nitrogen and oxygen atoms in total. The van der Waals surface area contributed by atoms with E-state index in [1.807, 2.05) is 0 Å². The molecule has 112 valence electrons. The smallest absolute Gasteiger partial charge is 0.224 e. The quantitative estimate of drug-likeness (QED) is 0.646. The van der Waals surface area contributed by atoms with E-state index in [0.29, 0.717) is 13.0 Å². The second-order valence-corrected chi connectivity index (χ2v) is 5.23. The summed E-state index contributed by atoms with van der Waals surface area (Å²) in [6.45, 7) is 3.13. The Hall–Kier alpha value is -1.35. The van der Waals surface area contributed by atoms with Crippen LogP contribution in [0.2, 0.25) is 0 Å². The lowest BCUT2D eigenvalue weighted by Crippen LogP contribution is -2.26. The van der Waals surface area contributed by atoms with Crippen LogP contribution in [0.1, 0.15) is 50.2 Å². The number of unbranched alkanes of at least 4 members (excludes halogenated alkanes) is 3. The zero-order chi connectivity index (χ0) is 14.6. The minimum atomic E-state index is 0.0790. The molecule has 0 spiro atoms. The second kappa shape index (κ2) is 10.4. The topological polar surface area (TPSA) is 49.3 Å². The molecule has 0 unspecified atom stereocenters. The van der Waals surface area contributed by atoms with E-state index in [4.69, 9.17) is 5.11 Å². The lowest BCUT2D eigenvalue weighted by Gasteiger charge is -2.06. The molecule has 1 amide bonds. The first kappa shape index (κ1) is 16.7. The summed E-state index contributed by atoms with van der Waals surface area (Å²) in [5.74, 6) is 0.0790. The third-order valence-corrected chi connectivity index (χ3v) is 3.36. The number of carbonyl (C=O) groups excluding carboxylic acids is 1. The molecule has 0 aliphatic heterocycles. The van der Waals surface area contributed by atoms with Crippen LogP contribution >= 0.6 is 0 Å². The van der Waals surface area contributed by atoms with Gasteiger partial charge in [0.15, 0.2) is 0 Å². The van der Waals surface area contributed by atoms with Crippen molar-refractivity contribution in [1.29, 1.82) is 0 Å². The number of aliphatic hydroxyl groups is 1. The number of benzene rings is 1. The van der Waals surface area contributed by atoms with Crippen LogP contribution in [0, 0.1) is 0 Å². The van der Waals surface area contributed by atoms with Crippen LogP contribution in [0.15, 0.2) is 24.3 Å².